The fourth-order valence-corrected chi connectivity index (χ4v) is 6.13. The minimum absolute atomic E-state index is 0. The third-order valence-electron chi connectivity index (χ3n) is 5.94. The number of fused-ring (bicyclic) bond motifs is 1. The molecule has 0 saturated carbocycles. The molecule has 3 aliphatic rings. The van der Waals surface area contributed by atoms with E-state index in [-0.39, 0.29) is 53.5 Å². The van der Waals surface area contributed by atoms with Crippen molar-refractivity contribution in [2.45, 2.75) is 18.9 Å². The van der Waals surface area contributed by atoms with Crippen LogP contribution in [0.3, 0.4) is 0 Å². The highest BCUT2D eigenvalue weighted by Crippen LogP contribution is 2.44. The van der Waals surface area contributed by atoms with E-state index in [0.717, 1.165) is 18.7 Å². The van der Waals surface area contributed by atoms with Crippen LogP contribution in [-0.2, 0) is 14.6 Å². The number of benzene rings is 1. The monoisotopic (exact) mass is 402 g/mol. The van der Waals surface area contributed by atoms with Crippen LogP contribution in [0.15, 0.2) is 24.3 Å². The van der Waals surface area contributed by atoms with Gasteiger partial charge in [0.05, 0.1) is 17.5 Å². The molecule has 3 fully saturated rings. The summed E-state index contributed by atoms with van der Waals surface area (Å²) in [6.45, 7) is 2.37. The van der Waals surface area contributed by atoms with Gasteiger partial charge in [0.1, 0.15) is 15.7 Å². The van der Waals surface area contributed by atoms with Crippen LogP contribution in [0.2, 0.25) is 0 Å². The van der Waals surface area contributed by atoms with Gasteiger partial charge >= 0.3 is 0 Å². The van der Waals surface area contributed by atoms with Gasteiger partial charge in [-0.3, -0.25) is 4.79 Å². The molecule has 5 nitrogen and oxygen atoms in total. The standard InChI is InChI=1S/C18H23FN2O3S.ClH/c19-15-3-1-2-13(8-15)17-16-10-20-9-14(16)11-21(17)18(22)12-4-6-25(23,24)7-5-12;/h1-3,8,12,14,16-17,20H,4-7,9-11H2;1H/t14-,16-,17-;/m0./s1. The number of rotatable bonds is 2. The SMILES string of the molecule is Cl.O=C(C1CCS(=O)(=O)CC1)N1C[C@@H]2CNC[C@@H]2[C@@H]1c1cccc(F)c1. The van der Waals surface area contributed by atoms with Gasteiger partial charge < -0.3 is 10.2 Å². The van der Waals surface area contributed by atoms with E-state index in [2.05, 4.69) is 5.32 Å². The number of amides is 1. The molecule has 0 spiro atoms. The summed E-state index contributed by atoms with van der Waals surface area (Å²) in [4.78, 5) is 15.0. The van der Waals surface area contributed by atoms with Crippen LogP contribution in [0.5, 0.6) is 0 Å². The predicted octanol–water partition coefficient (Wildman–Crippen LogP) is 1.79. The molecule has 26 heavy (non-hydrogen) atoms. The Morgan fingerprint density at radius 3 is 2.62 bits per heavy atom. The van der Waals surface area contributed by atoms with E-state index in [0.29, 0.717) is 25.3 Å². The highest BCUT2D eigenvalue weighted by molar-refractivity contribution is 7.91. The lowest BCUT2D eigenvalue weighted by Gasteiger charge is -2.32. The lowest BCUT2D eigenvalue weighted by Crippen LogP contribution is -2.41. The summed E-state index contributed by atoms with van der Waals surface area (Å²) in [6, 6.07) is 6.40. The van der Waals surface area contributed by atoms with E-state index in [9.17, 15) is 17.6 Å². The third kappa shape index (κ3) is 3.62. The van der Waals surface area contributed by atoms with Crippen LogP contribution < -0.4 is 5.32 Å². The average molecular weight is 403 g/mol. The van der Waals surface area contributed by atoms with Crippen LogP contribution in [0, 0.1) is 23.6 Å². The van der Waals surface area contributed by atoms with E-state index in [4.69, 9.17) is 0 Å². The highest BCUT2D eigenvalue weighted by Gasteiger charge is 2.48. The van der Waals surface area contributed by atoms with Crippen molar-refractivity contribution in [1.29, 1.82) is 0 Å². The van der Waals surface area contributed by atoms with Crippen LogP contribution in [0.4, 0.5) is 4.39 Å². The van der Waals surface area contributed by atoms with Gasteiger partial charge in [-0.1, -0.05) is 12.1 Å². The first kappa shape index (κ1) is 19.6. The summed E-state index contributed by atoms with van der Waals surface area (Å²) in [5, 5.41) is 3.38. The Kier molecular flexibility index (Phi) is 5.61. The number of carbonyl (C=O) groups excluding carboxylic acids is 1. The molecule has 1 aromatic carbocycles. The Balaban J connectivity index is 0.00000196. The molecule has 0 aliphatic carbocycles. The molecule has 8 heteroatoms. The van der Waals surface area contributed by atoms with Crippen molar-refractivity contribution >= 4 is 28.2 Å². The maximum Gasteiger partial charge on any atom is 0.226 e. The van der Waals surface area contributed by atoms with Crippen LogP contribution in [0.25, 0.3) is 0 Å². The van der Waals surface area contributed by atoms with Gasteiger partial charge in [-0.15, -0.1) is 12.4 Å². The number of nitrogens with one attached hydrogen (secondary N) is 1. The fourth-order valence-electron chi connectivity index (χ4n) is 4.64. The molecule has 0 bridgehead atoms. The van der Waals surface area contributed by atoms with Gasteiger partial charge in [-0.25, -0.2) is 12.8 Å². The highest BCUT2D eigenvalue weighted by atomic mass is 35.5. The second kappa shape index (κ2) is 7.44. The molecule has 3 atom stereocenters. The number of sulfone groups is 1. The quantitative estimate of drug-likeness (QED) is 0.819. The van der Waals surface area contributed by atoms with Crippen molar-refractivity contribution in [1.82, 2.24) is 10.2 Å². The van der Waals surface area contributed by atoms with Crippen molar-refractivity contribution in [3.05, 3.63) is 35.6 Å². The van der Waals surface area contributed by atoms with Gasteiger partial charge in [0.2, 0.25) is 5.91 Å². The summed E-state index contributed by atoms with van der Waals surface area (Å²) in [5.41, 5.74) is 0.841. The first-order valence-corrected chi connectivity index (χ1v) is 10.7. The number of nitrogens with zero attached hydrogens (tertiary/aromatic N) is 1. The summed E-state index contributed by atoms with van der Waals surface area (Å²) in [7, 11) is -2.99. The van der Waals surface area contributed by atoms with Crippen LogP contribution in [0.1, 0.15) is 24.4 Å². The van der Waals surface area contributed by atoms with Crippen molar-refractivity contribution < 1.29 is 17.6 Å². The summed E-state index contributed by atoms with van der Waals surface area (Å²) in [5.74, 6) is 0.377. The van der Waals surface area contributed by atoms with Gasteiger partial charge in [0.15, 0.2) is 0 Å². The van der Waals surface area contributed by atoms with Gasteiger partial charge in [-0.05, 0) is 36.5 Å². The zero-order valence-electron chi connectivity index (χ0n) is 14.4. The topological polar surface area (TPSA) is 66.5 Å². The number of likely N-dealkylation sites (tertiary alicyclic amines) is 1. The molecule has 4 rings (SSSR count). The van der Waals surface area contributed by atoms with Gasteiger partial charge in [0.25, 0.3) is 0 Å². The smallest absolute Gasteiger partial charge is 0.226 e. The molecule has 3 saturated heterocycles. The molecule has 3 heterocycles. The minimum atomic E-state index is -2.99. The predicted molar refractivity (Wildman–Crippen MR) is 99.3 cm³/mol. The van der Waals surface area contributed by atoms with E-state index < -0.39 is 9.84 Å². The number of hydrogen-bond acceptors (Lipinski definition) is 4. The fraction of sp³-hybridized carbons (Fsp3) is 0.611. The second-order valence-electron chi connectivity index (χ2n) is 7.50. The molecular weight excluding hydrogens is 379 g/mol. The molecular formula is C18H24ClFN2O3S. The summed E-state index contributed by atoms with van der Waals surface area (Å²) >= 11 is 0. The Labute approximate surface area is 159 Å². The zero-order chi connectivity index (χ0) is 17.6. The Morgan fingerprint density at radius 2 is 1.92 bits per heavy atom. The Hall–Kier alpha value is -1.18. The molecule has 0 unspecified atom stereocenters. The van der Waals surface area contributed by atoms with E-state index in [1.54, 1.807) is 6.07 Å². The number of halogens is 2. The third-order valence-corrected chi connectivity index (χ3v) is 7.66. The first-order valence-electron chi connectivity index (χ1n) is 8.92. The molecule has 3 aliphatic heterocycles. The van der Waals surface area contributed by atoms with Crippen molar-refractivity contribution in [2.75, 3.05) is 31.1 Å². The maximum atomic E-state index is 13.7. The minimum Gasteiger partial charge on any atom is -0.335 e. The summed E-state index contributed by atoms with van der Waals surface area (Å²) < 4.78 is 37.0. The van der Waals surface area contributed by atoms with E-state index in [1.807, 2.05) is 11.0 Å². The molecule has 0 radical (unpaired) electrons. The molecule has 0 aromatic heterocycles. The van der Waals surface area contributed by atoms with Crippen LogP contribution in [-0.4, -0.2) is 50.4 Å². The van der Waals surface area contributed by atoms with Gasteiger partial charge in [-0.2, -0.15) is 0 Å². The molecule has 1 N–H and O–H groups in total. The normalized spacial score (nSPS) is 30.7. The molecule has 1 aromatic rings. The largest absolute Gasteiger partial charge is 0.335 e. The molecule has 1 amide bonds. The number of hydrogen-bond donors (Lipinski definition) is 1. The maximum absolute atomic E-state index is 13.7. The van der Waals surface area contributed by atoms with Crippen molar-refractivity contribution in [3.63, 3.8) is 0 Å². The van der Waals surface area contributed by atoms with Crippen LogP contribution >= 0.6 is 12.4 Å². The lowest BCUT2D eigenvalue weighted by atomic mass is 9.89. The Bertz CT molecular complexity index is 774. The lowest BCUT2D eigenvalue weighted by molar-refractivity contribution is -0.137. The second-order valence-corrected chi connectivity index (χ2v) is 9.80. The van der Waals surface area contributed by atoms with Gasteiger partial charge in [0, 0.05) is 31.5 Å². The van der Waals surface area contributed by atoms with E-state index >= 15 is 0 Å². The Morgan fingerprint density at radius 1 is 1.19 bits per heavy atom. The zero-order valence-corrected chi connectivity index (χ0v) is 16.1. The van der Waals surface area contributed by atoms with Crippen molar-refractivity contribution in [2.24, 2.45) is 17.8 Å². The van der Waals surface area contributed by atoms with Crippen molar-refractivity contribution in [3.8, 4) is 0 Å². The average Bonchev–Trinajstić information content (AvgIpc) is 3.14. The number of carbonyl (C=O) groups is 1. The first-order chi connectivity index (χ1) is 11.9. The van der Waals surface area contributed by atoms with E-state index in [1.165, 1.54) is 12.1 Å². The summed E-state index contributed by atoms with van der Waals surface area (Å²) in [6.07, 6.45) is 0.808. The molecule has 144 valence electrons.